The van der Waals surface area contributed by atoms with Crippen molar-refractivity contribution in [2.24, 2.45) is 0 Å². The van der Waals surface area contributed by atoms with Crippen molar-refractivity contribution < 1.29 is 23.4 Å². The van der Waals surface area contributed by atoms with E-state index in [2.05, 4.69) is 11.8 Å². The number of ether oxygens (including phenoxy) is 3. The van der Waals surface area contributed by atoms with Gasteiger partial charge in [0.2, 0.25) is 0 Å². The second-order valence-corrected chi connectivity index (χ2v) is 9.06. The maximum Gasteiger partial charge on any atom is 0.302 e. The number of halogens is 1. The number of carbonyl (C=O) groups is 1. The Kier molecular flexibility index (Phi) is 7.67. The second-order valence-electron chi connectivity index (χ2n) is 8.65. The lowest BCUT2D eigenvalue weighted by atomic mass is 9.89. The minimum absolute atomic E-state index is 0.0846. The van der Waals surface area contributed by atoms with Crippen molar-refractivity contribution in [1.82, 2.24) is 4.90 Å². The highest BCUT2D eigenvalue weighted by Gasteiger charge is 2.39. The number of esters is 1. The number of likely N-dealkylation sites (tertiary alicyclic amines) is 1. The Morgan fingerprint density at radius 2 is 1.91 bits per heavy atom. The molecule has 186 valence electrons. The molecule has 8 heteroatoms. The van der Waals surface area contributed by atoms with Gasteiger partial charge < -0.3 is 18.6 Å². The molecule has 1 aliphatic rings. The van der Waals surface area contributed by atoms with E-state index in [4.69, 9.17) is 30.2 Å². The third-order valence-corrected chi connectivity index (χ3v) is 6.87. The van der Waals surface area contributed by atoms with Crippen LogP contribution < -0.4 is 14.9 Å². The van der Waals surface area contributed by atoms with Gasteiger partial charge in [-0.2, -0.15) is 0 Å². The molecule has 1 aliphatic heterocycles. The van der Waals surface area contributed by atoms with E-state index in [9.17, 15) is 9.59 Å². The summed E-state index contributed by atoms with van der Waals surface area (Å²) in [6.45, 7) is 5.47. The van der Waals surface area contributed by atoms with Crippen molar-refractivity contribution in [1.29, 1.82) is 0 Å². The summed E-state index contributed by atoms with van der Waals surface area (Å²) in [6, 6.07) is 10.3. The molecule has 4 rings (SSSR count). The van der Waals surface area contributed by atoms with Crippen molar-refractivity contribution in [3.63, 3.8) is 0 Å². The normalized spacial score (nSPS) is 18.1. The van der Waals surface area contributed by atoms with Gasteiger partial charge in [-0.3, -0.25) is 14.5 Å². The van der Waals surface area contributed by atoms with Crippen LogP contribution in [0.3, 0.4) is 0 Å². The summed E-state index contributed by atoms with van der Waals surface area (Å²) in [5.74, 6) is 0.884. The summed E-state index contributed by atoms with van der Waals surface area (Å²) >= 11 is 6.43. The third kappa shape index (κ3) is 4.88. The number of benzene rings is 2. The summed E-state index contributed by atoms with van der Waals surface area (Å²) in [4.78, 5) is 27.4. The van der Waals surface area contributed by atoms with Gasteiger partial charge in [0.25, 0.3) is 0 Å². The van der Waals surface area contributed by atoms with Crippen LogP contribution in [0.4, 0.5) is 0 Å². The Labute approximate surface area is 209 Å². The summed E-state index contributed by atoms with van der Waals surface area (Å²) < 4.78 is 23.2. The molecule has 2 heterocycles. The van der Waals surface area contributed by atoms with E-state index in [1.165, 1.54) is 20.1 Å². The van der Waals surface area contributed by atoms with Gasteiger partial charge in [0.15, 0.2) is 5.43 Å². The van der Waals surface area contributed by atoms with Crippen LogP contribution in [0, 0.1) is 0 Å². The maximum absolute atomic E-state index is 13.4. The van der Waals surface area contributed by atoms with Gasteiger partial charge in [-0.05, 0) is 38.1 Å². The number of carbonyl (C=O) groups excluding carboxylic acids is 1. The average Bonchev–Trinajstić information content (AvgIpc) is 3.23. The highest BCUT2D eigenvalue weighted by Crippen LogP contribution is 2.45. The van der Waals surface area contributed by atoms with Crippen LogP contribution >= 0.6 is 11.6 Å². The van der Waals surface area contributed by atoms with Gasteiger partial charge in [-0.25, -0.2) is 0 Å². The van der Waals surface area contributed by atoms with Crippen LogP contribution in [-0.4, -0.2) is 50.8 Å². The molecule has 1 saturated heterocycles. The Morgan fingerprint density at radius 1 is 1.17 bits per heavy atom. The molecule has 1 aromatic heterocycles. The van der Waals surface area contributed by atoms with Crippen LogP contribution in [0.5, 0.6) is 11.5 Å². The molecule has 2 atom stereocenters. The number of nitrogens with zero attached hydrogens (tertiary/aromatic N) is 1. The molecule has 0 N–H and O–H groups in total. The molecule has 0 bridgehead atoms. The summed E-state index contributed by atoms with van der Waals surface area (Å²) in [6.07, 6.45) is 1.76. The van der Waals surface area contributed by atoms with E-state index in [1.807, 2.05) is 18.2 Å². The zero-order valence-corrected chi connectivity index (χ0v) is 21.2. The molecule has 0 radical (unpaired) electrons. The third-order valence-electron chi connectivity index (χ3n) is 6.55. The smallest absolute Gasteiger partial charge is 0.302 e. The summed E-state index contributed by atoms with van der Waals surface area (Å²) in [7, 11) is 3.09. The fourth-order valence-electron chi connectivity index (χ4n) is 5.02. The minimum Gasteiger partial charge on any atom is -0.496 e. The number of rotatable bonds is 8. The monoisotopic (exact) mass is 499 g/mol. The number of methoxy groups -OCH3 is 2. The first-order valence-electron chi connectivity index (χ1n) is 11.7. The first kappa shape index (κ1) is 25.1. The maximum atomic E-state index is 13.4. The highest BCUT2D eigenvalue weighted by atomic mass is 35.5. The van der Waals surface area contributed by atoms with Crippen LogP contribution in [0.15, 0.2) is 45.6 Å². The van der Waals surface area contributed by atoms with Gasteiger partial charge in [0.1, 0.15) is 34.8 Å². The van der Waals surface area contributed by atoms with E-state index in [0.717, 1.165) is 31.5 Å². The van der Waals surface area contributed by atoms with Crippen LogP contribution in [0.2, 0.25) is 5.02 Å². The van der Waals surface area contributed by atoms with Crippen LogP contribution in [0.25, 0.3) is 22.3 Å². The van der Waals surface area contributed by atoms with E-state index in [0.29, 0.717) is 38.8 Å². The van der Waals surface area contributed by atoms with E-state index < -0.39 is 0 Å². The van der Waals surface area contributed by atoms with Crippen LogP contribution in [0.1, 0.15) is 38.2 Å². The molecule has 1 fully saturated rings. The summed E-state index contributed by atoms with van der Waals surface area (Å²) in [5, 5.41) is 0.827. The number of fused-ring (bicyclic) bond motifs is 1. The van der Waals surface area contributed by atoms with E-state index in [-0.39, 0.29) is 30.0 Å². The van der Waals surface area contributed by atoms with Gasteiger partial charge in [0.05, 0.1) is 25.3 Å². The Bertz CT molecular complexity index is 1290. The van der Waals surface area contributed by atoms with Crippen molar-refractivity contribution in [2.45, 2.75) is 38.6 Å². The molecular weight excluding hydrogens is 470 g/mol. The van der Waals surface area contributed by atoms with Gasteiger partial charge in [-0.15, -0.1) is 0 Å². The van der Waals surface area contributed by atoms with Crippen molar-refractivity contribution in [3.05, 3.63) is 57.2 Å². The van der Waals surface area contributed by atoms with Gasteiger partial charge in [0, 0.05) is 36.1 Å². The zero-order chi connectivity index (χ0) is 25.1. The molecule has 7 nitrogen and oxygen atoms in total. The number of hydrogen-bond acceptors (Lipinski definition) is 7. The largest absolute Gasteiger partial charge is 0.496 e. The first-order chi connectivity index (χ1) is 16.9. The fraction of sp³-hybridized carbons (Fsp3) is 0.407. The summed E-state index contributed by atoms with van der Waals surface area (Å²) in [5.41, 5.74) is 1.56. The molecule has 35 heavy (non-hydrogen) atoms. The molecule has 2 aromatic carbocycles. The van der Waals surface area contributed by atoms with Gasteiger partial charge in [-0.1, -0.05) is 30.7 Å². The lowest BCUT2D eigenvalue weighted by Gasteiger charge is -2.29. The van der Waals surface area contributed by atoms with Crippen LogP contribution in [-0.2, 0) is 9.53 Å². The Hall–Kier alpha value is -3.03. The quantitative estimate of drug-likeness (QED) is 0.391. The highest BCUT2D eigenvalue weighted by molar-refractivity contribution is 6.33. The predicted octanol–water partition coefficient (Wildman–Crippen LogP) is 5.26. The minimum atomic E-state index is -0.328. The fourth-order valence-corrected chi connectivity index (χ4v) is 5.24. The lowest BCUT2D eigenvalue weighted by molar-refractivity contribution is -0.142. The lowest BCUT2D eigenvalue weighted by Crippen LogP contribution is -2.37. The Morgan fingerprint density at radius 3 is 2.57 bits per heavy atom. The van der Waals surface area contributed by atoms with Crippen molar-refractivity contribution >= 4 is 28.5 Å². The molecule has 3 aromatic rings. The molecule has 0 spiro atoms. The topological polar surface area (TPSA) is 78.2 Å². The molecule has 0 saturated carbocycles. The first-order valence-corrected chi connectivity index (χ1v) is 12.1. The van der Waals surface area contributed by atoms with E-state index in [1.54, 1.807) is 19.2 Å². The second kappa shape index (κ2) is 10.7. The van der Waals surface area contributed by atoms with Gasteiger partial charge >= 0.3 is 5.97 Å². The standard InChI is InChI=1S/C27H30ClNO6/c1-5-11-29-12-10-18(20(29)15-34-16(2)30)25-23(32-3)14-24(33-4)26-21(31)13-22(35-27(25)26)17-8-6-7-9-19(17)28/h6-9,13-14,18,20H,5,10-12,15H2,1-4H3/t18-,20+/m1/s1. The molecule has 0 unspecified atom stereocenters. The number of hydrogen-bond donors (Lipinski definition) is 0. The average molecular weight is 500 g/mol. The SMILES string of the molecule is CCCN1CC[C@@H](c2c(OC)cc(OC)c3c(=O)cc(-c4ccccc4Cl)oc23)[C@@H]1COC(C)=O. The molecule has 0 aliphatic carbocycles. The van der Waals surface area contributed by atoms with E-state index >= 15 is 0 Å². The zero-order valence-electron chi connectivity index (χ0n) is 20.4. The Balaban J connectivity index is 1.97. The van der Waals surface area contributed by atoms with Crippen molar-refractivity contribution in [3.8, 4) is 22.8 Å². The predicted molar refractivity (Wildman–Crippen MR) is 136 cm³/mol. The molecular formula is C27H30ClNO6. The molecule has 0 amide bonds. The van der Waals surface area contributed by atoms with Crippen molar-refractivity contribution in [2.75, 3.05) is 33.9 Å².